The van der Waals surface area contributed by atoms with Gasteiger partial charge in [0.1, 0.15) is 5.82 Å². The van der Waals surface area contributed by atoms with E-state index in [0.717, 1.165) is 12.0 Å². The molecule has 0 unspecified atom stereocenters. The number of amides is 1. The maximum atomic E-state index is 13.4. The summed E-state index contributed by atoms with van der Waals surface area (Å²) in [6, 6.07) is 6.58. The number of nitrogens with one attached hydrogen (secondary N) is 3. The summed E-state index contributed by atoms with van der Waals surface area (Å²) in [4.78, 5) is 15.7. The third-order valence-electron chi connectivity index (χ3n) is 3.52. The number of guanidine groups is 1. The molecule has 0 radical (unpaired) electrons. The van der Waals surface area contributed by atoms with Crippen molar-refractivity contribution in [3.05, 3.63) is 35.6 Å². The highest BCUT2D eigenvalue weighted by Crippen LogP contribution is 2.22. The number of halogens is 1. The lowest BCUT2D eigenvalue weighted by Crippen LogP contribution is -2.46. The topological polar surface area (TPSA) is 65.5 Å². The van der Waals surface area contributed by atoms with E-state index in [-0.39, 0.29) is 23.7 Å². The molecule has 0 spiro atoms. The third kappa shape index (κ3) is 6.67. The number of carbonyl (C=O) groups excluding carboxylic acids is 1. The maximum absolute atomic E-state index is 13.4. The van der Waals surface area contributed by atoms with E-state index in [4.69, 9.17) is 0 Å². The van der Waals surface area contributed by atoms with Gasteiger partial charge in [0, 0.05) is 25.6 Å². The van der Waals surface area contributed by atoms with Crippen LogP contribution in [0, 0.1) is 5.82 Å². The SMILES string of the molecule is CCCNC(=O)CNC(=NC)NCC(C)(C)c1cccc(F)c1. The van der Waals surface area contributed by atoms with Gasteiger partial charge in [-0.2, -0.15) is 0 Å². The van der Waals surface area contributed by atoms with Crippen molar-refractivity contribution in [3.63, 3.8) is 0 Å². The molecule has 1 amide bonds. The molecule has 0 saturated heterocycles. The van der Waals surface area contributed by atoms with Crippen LogP contribution in [-0.2, 0) is 10.2 Å². The Balaban J connectivity index is 2.52. The normalized spacial score (nSPS) is 12.0. The van der Waals surface area contributed by atoms with Crippen LogP contribution in [0.4, 0.5) is 4.39 Å². The van der Waals surface area contributed by atoms with Crippen LogP contribution in [-0.4, -0.2) is 38.5 Å². The van der Waals surface area contributed by atoms with E-state index in [9.17, 15) is 9.18 Å². The van der Waals surface area contributed by atoms with E-state index in [0.29, 0.717) is 19.0 Å². The number of rotatable bonds is 7. The molecule has 1 aromatic rings. The first kappa shape index (κ1) is 18.9. The average molecular weight is 322 g/mol. The van der Waals surface area contributed by atoms with Gasteiger partial charge < -0.3 is 16.0 Å². The second kappa shape index (κ2) is 9.12. The van der Waals surface area contributed by atoms with Crippen LogP contribution in [0.5, 0.6) is 0 Å². The lowest BCUT2D eigenvalue weighted by molar-refractivity contribution is -0.120. The molecule has 1 aromatic carbocycles. The molecule has 0 saturated carbocycles. The number of aliphatic imine (C=N–C) groups is 1. The highest BCUT2D eigenvalue weighted by molar-refractivity contribution is 5.86. The van der Waals surface area contributed by atoms with Gasteiger partial charge in [0.15, 0.2) is 5.96 Å². The van der Waals surface area contributed by atoms with E-state index < -0.39 is 0 Å². The highest BCUT2D eigenvalue weighted by Gasteiger charge is 2.21. The van der Waals surface area contributed by atoms with Gasteiger partial charge in [0.2, 0.25) is 5.91 Å². The quantitative estimate of drug-likeness (QED) is 0.530. The van der Waals surface area contributed by atoms with E-state index in [1.165, 1.54) is 12.1 Å². The van der Waals surface area contributed by atoms with Crippen molar-refractivity contribution in [2.24, 2.45) is 4.99 Å². The van der Waals surface area contributed by atoms with E-state index in [1.807, 2.05) is 26.8 Å². The predicted octanol–water partition coefficient (Wildman–Crippen LogP) is 1.79. The summed E-state index contributed by atoms with van der Waals surface area (Å²) in [7, 11) is 1.65. The molecule has 0 aliphatic heterocycles. The molecule has 0 aliphatic carbocycles. The molecule has 0 atom stereocenters. The second-order valence-electron chi connectivity index (χ2n) is 6.02. The summed E-state index contributed by atoms with van der Waals surface area (Å²) in [5.74, 6) is 0.228. The average Bonchev–Trinajstić information content (AvgIpc) is 2.53. The molecule has 5 nitrogen and oxygen atoms in total. The third-order valence-corrected chi connectivity index (χ3v) is 3.52. The molecular weight excluding hydrogens is 295 g/mol. The Kier molecular flexibility index (Phi) is 7.51. The van der Waals surface area contributed by atoms with Gasteiger partial charge in [-0.05, 0) is 24.1 Å². The second-order valence-corrected chi connectivity index (χ2v) is 6.02. The lowest BCUT2D eigenvalue weighted by atomic mass is 9.84. The van der Waals surface area contributed by atoms with Gasteiger partial charge in [0.05, 0.1) is 6.54 Å². The van der Waals surface area contributed by atoms with Crippen LogP contribution in [0.25, 0.3) is 0 Å². The van der Waals surface area contributed by atoms with Crippen LogP contribution < -0.4 is 16.0 Å². The van der Waals surface area contributed by atoms with E-state index >= 15 is 0 Å². The molecule has 6 heteroatoms. The van der Waals surface area contributed by atoms with E-state index in [2.05, 4.69) is 20.9 Å². The number of hydrogen-bond donors (Lipinski definition) is 3. The monoisotopic (exact) mass is 322 g/mol. The molecule has 0 aliphatic rings. The Morgan fingerprint density at radius 1 is 1.26 bits per heavy atom. The van der Waals surface area contributed by atoms with Crippen molar-refractivity contribution in [1.29, 1.82) is 0 Å². The fraction of sp³-hybridized carbons (Fsp3) is 0.529. The minimum atomic E-state index is -0.274. The fourth-order valence-corrected chi connectivity index (χ4v) is 2.03. The molecule has 128 valence electrons. The van der Waals surface area contributed by atoms with Gasteiger partial charge >= 0.3 is 0 Å². The van der Waals surface area contributed by atoms with Crippen molar-refractivity contribution < 1.29 is 9.18 Å². The summed E-state index contributed by atoms with van der Waals surface area (Å²) < 4.78 is 13.4. The largest absolute Gasteiger partial charge is 0.356 e. The highest BCUT2D eigenvalue weighted by atomic mass is 19.1. The predicted molar refractivity (Wildman–Crippen MR) is 92.1 cm³/mol. The first-order valence-corrected chi connectivity index (χ1v) is 7.86. The molecule has 3 N–H and O–H groups in total. The Hall–Kier alpha value is -2.11. The standard InChI is InChI=1S/C17H27FN4O/c1-5-9-20-15(23)11-21-16(19-4)22-12-17(2,3)13-7-6-8-14(18)10-13/h6-8,10H,5,9,11-12H2,1-4H3,(H,20,23)(H2,19,21,22). The Labute approximate surface area is 137 Å². The smallest absolute Gasteiger partial charge is 0.239 e. The summed E-state index contributed by atoms with van der Waals surface area (Å²) >= 11 is 0. The summed E-state index contributed by atoms with van der Waals surface area (Å²) in [5.41, 5.74) is 0.630. The van der Waals surface area contributed by atoms with Crippen molar-refractivity contribution in [2.45, 2.75) is 32.6 Å². The van der Waals surface area contributed by atoms with Crippen molar-refractivity contribution in [2.75, 3.05) is 26.7 Å². The van der Waals surface area contributed by atoms with Crippen molar-refractivity contribution in [1.82, 2.24) is 16.0 Å². The van der Waals surface area contributed by atoms with Gasteiger partial charge in [-0.25, -0.2) is 4.39 Å². The first-order valence-electron chi connectivity index (χ1n) is 7.86. The molecule has 1 rings (SSSR count). The minimum absolute atomic E-state index is 0.0702. The van der Waals surface area contributed by atoms with Gasteiger partial charge in [-0.15, -0.1) is 0 Å². The molecule has 0 bridgehead atoms. The number of benzene rings is 1. The summed E-state index contributed by atoms with van der Waals surface area (Å²) in [6.45, 7) is 7.45. The van der Waals surface area contributed by atoms with Crippen molar-refractivity contribution >= 4 is 11.9 Å². The van der Waals surface area contributed by atoms with Gasteiger partial charge in [-0.1, -0.05) is 32.9 Å². The van der Waals surface area contributed by atoms with Crippen LogP contribution in [0.15, 0.2) is 29.3 Å². The summed E-state index contributed by atoms with van der Waals surface area (Å²) in [5, 5.41) is 8.93. The molecule has 0 heterocycles. The van der Waals surface area contributed by atoms with Crippen LogP contribution in [0.3, 0.4) is 0 Å². The van der Waals surface area contributed by atoms with E-state index in [1.54, 1.807) is 13.1 Å². The maximum Gasteiger partial charge on any atom is 0.239 e. The Bertz CT molecular complexity index is 543. The van der Waals surface area contributed by atoms with Gasteiger partial charge in [0.25, 0.3) is 0 Å². The Morgan fingerprint density at radius 2 is 2.00 bits per heavy atom. The van der Waals surface area contributed by atoms with Crippen LogP contribution >= 0.6 is 0 Å². The fourth-order valence-electron chi connectivity index (χ4n) is 2.03. The van der Waals surface area contributed by atoms with Crippen LogP contribution in [0.2, 0.25) is 0 Å². The van der Waals surface area contributed by atoms with Gasteiger partial charge in [-0.3, -0.25) is 9.79 Å². The molecule has 0 aromatic heterocycles. The number of hydrogen-bond acceptors (Lipinski definition) is 2. The summed E-state index contributed by atoms with van der Waals surface area (Å²) in [6.07, 6.45) is 0.903. The zero-order valence-electron chi connectivity index (χ0n) is 14.4. The first-order chi connectivity index (χ1) is 10.9. The van der Waals surface area contributed by atoms with Crippen molar-refractivity contribution in [3.8, 4) is 0 Å². The lowest BCUT2D eigenvalue weighted by Gasteiger charge is -2.26. The Morgan fingerprint density at radius 3 is 2.61 bits per heavy atom. The zero-order valence-corrected chi connectivity index (χ0v) is 14.4. The number of nitrogens with zero attached hydrogens (tertiary/aromatic N) is 1. The van der Waals surface area contributed by atoms with Crippen LogP contribution in [0.1, 0.15) is 32.8 Å². The number of carbonyl (C=O) groups is 1. The molecule has 0 fully saturated rings. The molecule has 23 heavy (non-hydrogen) atoms. The minimum Gasteiger partial charge on any atom is -0.356 e. The zero-order chi connectivity index (χ0) is 17.3. The molecular formula is C17H27FN4O.